The SMILES string of the molecule is c1ccc(-c2ccc(-c3cc(-c4ccccc4)nc(-c4ccc(-c5ccc6c(c5)-c5ccccc5C65CCCCC5)cc4)n3)cc2)cc1. The molecule has 1 heterocycles. The standard InChI is InChI=1S/C46H36N2/c1-4-12-32(13-5-1)33-18-22-36(23-19-33)44-31-43(35-14-6-2-7-15-35)47-45(48-44)37-24-20-34(21-25-37)38-26-27-42-40(30-38)39-16-8-9-17-41(39)46(42)28-10-3-11-29-46/h1-2,4-9,12-27,30-31H,3,10-11,28-29H2. The fraction of sp³-hybridized carbons (Fsp3) is 0.130. The van der Waals surface area contributed by atoms with Crippen LogP contribution in [0, 0.1) is 0 Å². The summed E-state index contributed by atoms with van der Waals surface area (Å²) < 4.78 is 0. The molecule has 0 amide bonds. The summed E-state index contributed by atoms with van der Waals surface area (Å²) in [6.07, 6.45) is 6.48. The van der Waals surface area contributed by atoms with Gasteiger partial charge in [-0.1, -0.05) is 165 Å². The molecule has 1 aromatic heterocycles. The molecule has 2 aliphatic carbocycles. The first kappa shape index (κ1) is 28.6. The minimum absolute atomic E-state index is 0.188. The van der Waals surface area contributed by atoms with Gasteiger partial charge in [0.25, 0.3) is 0 Å². The van der Waals surface area contributed by atoms with Crippen molar-refractivity contribution in [3.05, 3.63) is 169 Å². The maximum absolute atomic E-state index is 5.11. The quantitative estimate of drug-likeness (QED) is 0.192. The van der Waals surface area contributed by atoms with Crippen molar-refractivity contribution in [1.29, 1.82) is 0 Å². The molecule has 2 heteroatoms. The predicted octanol–water partition coefficient (Wildman–Crippen LogP) is 12.0. The number of hydrogen-bond acceptors (Lipinski definition) is 2. The van der Waals surface area contributed by atoms with Crippen LogP contribution in [0.5, 0.6) is 0 Å². The summed E-state index contributed by atoms with van der Waals surface area (Å²) in [5, 5.41) is 0. The monoisotopic (exact) mass is 616 g/mol. The van der Waals surface area contributed by atoms with Crippen molar-refractivity contribution >= 4 is 0 Å². The molecule has 0 saturated heterocycles. The molecule has 0 atom stereocenters. The largest absolute Gasteiger partial charge is 0.228 e. The van der Waals surface area contributed by atoms with E-state index in [9.17, 15) is 0 Å². The smallest absolute Gasteiger partial charge is 0.160 e. The highest BCUT2D eigenvalue weighted by molar-refractivity contribution is 5.85. The second kappa shape index (κ2) is 11.9. The molecule has 1 fully saturated rings. The lowest BCUT2D eigenvalue weighted by atomic mass is 9.68. The van der Waals surface area contributed by atoms with E-state index < -0.39 is 0 Å². The Morgan fingerprint density at radius 1 is 0.354 bits per heavy atom. The third kappa shape index (κ3) is 4.96. The van der Waals surface area contributed by atoms with E-state index in [4.69, 9.17) is 9.97 Å². The number of aromatic nitrogens is 2. The van der Waals surface area contributed by atoms with E-state index in [1.807, 2.05) is 6.07 Å². The van der Waals surface area contributed by atoms with Gasteiger partial charge in [-0.05, 0) is 69.5 Å². The Morgan fingerprint density at radius 2 is 0.833 bits per heavy atom. The van der Waals surface area contributed by atoms with Gasteiger partial charge in [-0.3, -0.25) is 0 Å². The molecule has 1 saturated carbocycles. The number of fused-ring (bicyclic) bond motifs is 5. The number of nitrogens with zero attached hydrogens (tertiary/aromatic N) is 2. The maximum Gasteiger partial charge on any atom is 0.160 e. The van der Waals surface area contributed by atoms with Gasteiger partial charge in [-0.25, -0.2) is 9.97 Å². The molecule has 0 aliphatic heterocycles. The van der Waals surface area contributed by atoms with Crippen molar-refractivity contribution in [2.45, 2.75) is 37.5 Å². The highest BCUT2D eigenvalue weighted by Gasteiger charge is 2.43. The summed E-state index contributed by atoms with van der Waals surface area (Å²) in [5.74, 6) is 0.729. The first-order valence-corrected chi connectivity index (χ1v) is 17.2. The molecule has 6 aromatic carbocycles. The van der Waals surface area contributed by atoms with Crippen molar-refractivity contribution in [3.63, 3.8) is 0 Å². The fourth-order valence-corrected chi connectivity index (χ4v) is 8.10. The van der Waals surface area contributed by atoms with Gasteiger partial charge in [0.15, 0.2) is 5.82 Å². The Balaban J connectivity index is 1.08. The third-order valence-corrected chi connectivity index (χ3v) is 10.5. The molecule has 230 valence electrons. The lowest BCUT2D eigenvalue weighted by Crippen LogP contribution is -2.27. The van der Waals surface area contributed by atoms with Crippen LogP contribution in [0.1, 0.15) is 43.2 Å². The molecule has 0 N–H and O–H groups in total. The van der Waals surface area contributed by atoms with E-state index in [0.717, 1.165) is 33.9 Å². The molecule has 1 spiro atoms. The summed E-state index contributed by atoms with van der Waals surface area (Å²) in [6.45, 7) is 0. The first-order chi connectivity index (χ1) is 23.7. The average Bonchev–Trinajstić information content (AvgIpc) is 3.43. The summed E-state index contributed by atoms with van der Waals surface area (Å²) in [6, 6.07) is 56.8. The molecule has 2 nitrogen and oxygen atoms in total. The van der Waals surface area contributed by atoms with Gasteiger partial charge in [0, 0.05) is 22.1 Å². The zero-order valence-electron chi connectivity index (χ0n) is 26.9. The Hall–Kier alpha value is -5.60. The second-order valence-electron chi connectivity index (χ2n) is 13.3. The Labute approximate surface area is 282 Å². The van der Waals surface area contributed by atoms with Crippen LogP contribution >= 0.6 is 0 Å². The van der Waals surface area contributed by atoms with Crippen LogP contribution in [0.2, 0.25) is 0 Å². The van der Waals surface area contributed by atoms with E-state index in [-0.39, 0.29) is 5.41 Å². The van der Waals surface area contributed by atoms with Gasteiger partial charge in [0.2, 0.25) is 0 Å². The highest BCUT2D eigenvalue weighted by Crippen LogP contribution is 2.56. The summed E-state index contributed by atoms with van der Waals surface area (Å²) in [5.41, 5.74) is 15.9. The predicted molar refractivity (Wildman–Crippen MR) is 199 cm³/mol. The van der Waals surface area contributed by atoms with Gasteiger partial charge in [-0.15, -0.1) is 0 Å². The van der Waals surface area contributed by atoms with Gasteiger partial charge in [-0.2, -0.15) is 0 Å². The van der Waals surface area contributed by atoms with Crippen LogP contribution in [0.15, 0.2) is 158 Å². The Morgan fingerprint density at radius 3 is 1.52 bits per heavy atom. The van der Waals surface area contributed by atoms with Crippen LogP contribution in [0.25, 0.3) is 67.3 Å². The van der Waals surface area contributed by atoms with E-state index >= 15 is 0 Å². The normalized spacial score (nSPS) is 14.4. The number of hydrogen-bond donors (Lipinski definition) is 0. The molecular formula is C46H36N2. The van der Waals surface area contributed by atoms with E-state index in [1.165, 1.54) is 76.6 Å². The first-order valence-electron chi connectivity index (χ1n) is 17.2. The topological polar surface area (TPSA) is 25.8 Å². The van der Waals surface area contributed by atoms with Crippen LogP contribution in [0.3, 0.4) is 0 Å². The third-order valence-electron chi connectivity index (χ3n) is 10.5. The summed E-state index contributed by atoms with van der Waals surface area (Å²) in [7, 11) is 0. The van der Waals surface area contributed by atoms with Crippen LogP contribution in [0.4, 0.5) is 0 Å². The van der Waals surface area contributed by atoms with Crippen LogP contribution in [-0.4, -0.2) is 9.97 Å². The molecule has 0 unspecified atom stereocenters. The lowest BCUT2D eigenvalue weighted by molar-refractivity contribution is 0.353. The highest BCUT2D eigenvalue weighted by atomic mass is 14.9. The second-order valence-corrected chi connectivity index (χ2v) is 13.3. The number of benzene rings is 6. The molecular weight excluding hydrogens is 581 g/mol. The zero-order valence-corrected chi connectivity index (χ0v) is 26.9. The Bertz CT molecular complexity index is 2230. The van der Waals surface area contributed by atoms with E-state index in [1.54, 1.807) is 0 Å². The van der Waals surface area contributed by atoms with Gasteiger partial charge < -0.3 is 0 Å². The minimum atomic E-state index is 0.188. The Kier molecular flexibility index (Phi) is 7.08. The fourth-order valence-electron chi connectivity index (χ4n) is 8.10. The van der Waals surface area contributed by atoms with Crippen molar-refractivity contribution in [3.8, 4) is 67.3 Å². The van der Waals surface area contributed by atoms with Gasteiger partial charge in [0.05, 0.1) is 11.4 Å². The molecule has 0 bridgehead atoms. The lowest BCUT2D eigenvalue weighted by Gasteiger charge is -2.36. The maximum atomic E-state index is 5.11. The average molecular weight is 617 g/mol. The van der Waals surface area contributed by atoms with Crippen molar-refractivity contribution in [2.75, 3.05) is 0 Å². The van der Waals surface area contributed by atoms with Crippen LogP contribution < -0.4 is 0 Å². The van der Waals surface area contributed by atoms with Crippen LogP contribution in [-0.2, 0) is 5.41 Å². The van der Waals surface area contributed by atoms with Crippen molar-refractivity contribution in [2.24, 2.45) is 0 Å². The molecule has 7 aromatic rings. The van der Waals surface area contributed by atoms with Crippen molar-refractivity contribution < 1.29 is 0 Å². The number of rotatable bonds is 5. The summed E-state index contributed by atoms with van der Waals surface area (Å²) in [4.78, 5) is 10.2. The molecule has 9 rings (SSSR count). The summed E-state index contributed by atoms with van der Waals surface area (Å²) >= 11 is 0. The van der Waals surface area contributed by atoms with Gasteiger partial charge in [0.1, 0.15) is 0 Å². The molecule has 2 aliphatic rings. The molecule has 48 heavy (non-hydrogen) atoms. The van der Waals surface area contributed by atoms with E-state index in [2.05, 4.69) is 152 Å². The van der Waals surface area contributed by atoms with Crippen molar-refractivity contribution in [1.82, 2.24) is 9.97 Å². The van der Waals surface area contributed by atoms with E-state index in [0.29, 0.717) is 0 Å². The molecule has 0 radical (unpaired) electrons. The zero-order chi connectivity index (χ0) is 31.9. The van der Waals surface area contributed by atoms with Gasteiger partial charge >= 0.3 is 0 Å². The minimum Gasteiger partial charge on any atom is -0.228 e.